The molecule has 1 saturated heterocycles. The lowest BCUT2D eigenvalue weighted by Crippen LogP contribution is -2.29. The van der Waals surface area contributed by atoms with Crippen LogP contribution in [0.5, 0.6) is 0 Å². The van der Waals surface area contributed by atoms with Crippen molar-refractivity contribution in [2.45, 2.75) is 38.3 Å². The largest absolute Gasteiger partial charge is 0.393 e. The summed E-state index contributed by atoms with van der Waals surface area (Å²) in [5.74, 6) is -1.85. The number of alkyl halides is 2. The van der Waals surface area contributed by atoms with Gasteiger partial charge in [0.05, 0.1) is 12.3 Å². The molecule has 0 aliphatic carbocycles. The predicted octanol–water partition coefficient (Wildman–Crippen LogP) is 3.74. The molecular weight excluding hydrogens is 476 g/mol. The summed E-state index contributed by atoms with van der Waals surface area (Å²) >= 11 is 0.819. The Hall–Kier alpha value is -3.19. The third-order valence-electron chi connectivity index (χ3n) is 5.40. The zero-order chi connectivity index (χ0) is 24.4. The Kier molecular flexibility index (Phi) is 7.03. The van der Waals surface area contributed by atoms with Gasteiger partial charge in [-0.05, 0) is 37.5 Å². The first-order chi connectivity index (χ1) is 16.2. The zero-order valence-electron chi connectivity index (χ0n) is 17.8. The van der Waals surface area contributed by atoms with Crippen molar-refractivity contribution in [3.05, 3.63) is 41.7 Å². The normalized spacial score (nSPS) is 16.6. The minimum atomic E-state index is -2.67. The van der Waals surface area contributed by atoms with Crippen LogP contribution >= 0.6 is 11.3 Å². The van der Waals surface area contributed by atoms with E-state index in [-0.39, 0.29) is 32.8 Å². The van der Waals surface area contributed by atoms with Crippen LogP contribution in [0.3, 0.4) is 0 Å². The number of aromatic nitrogens is 3. The standard InChI is InChI=1S/C21H22F4N6O2S/c22-11-3-4-14(23)13(8-11)20-29-17(18(26)34-20)19(33)28-15-9-27-31(10-16(24)25)21(15)30-6-1-2-12(32)5-7-30/h3-4,8-9,12,16,32H,1-2,5-7,10,26H2,(H,28,33)/t12-/m0/s1. The summed E-state index contributed by atoms with van der Waals surface area (Å²) in [4.78, 5) is 18.8. The average Bonchev–Trinajstić information content (AvgIpc) is 3.27. The fraction of sp³-hybridized carbons (Fsp3) is 0.381. The van der Waals surface area contributed by atoms with E-state index in [2.05, 4.69) is 15.4 Å². The lowest BCUT2D eigenvalue weighted by molar-refractivity contribution is 0.102. The smallest absolute Gasteiger partial charge is 0.277 e. The fourth-order valence-corrected chi connectivity index (χ4v) is 4.65. The molecule has 0 radical (unpaired) electrons. The third kappa shape index (κ3) is 5.14. The number of carbonyl (C=O) groups excluding carboxylic acids is 1. The molecule has 1 fully saturated rings. The van der Waals surface area contributed by atoms with Gasteiger partial charge in [0, 0.05) is 18.7 Å². The molecule has 34 heavy (non-hydrogen) atoms. The minimum Gasteiger partial charge on any atom is -0.393 e. The number of amides is 1. The highest BCUT2D eigenvalue weighted by atomic mass is 32.1. The SMILES string of the molecule is Nc1sc(-c2cc(F)ccc2F)nc1C(=O)Nc1cnn(CC(F)F)c1N1CCC[C@H](O)CC1. The number of nitrogens with one attached hydrogen (secondary N) is 1. The Balaban J connectivity index is 1.63. The highest BCUT2D eigenvalue weighted by Crippen LogP contribution is 2.34. The van der Waals surface area contributed by atoms with Gasteiger partial charge in [0.2, 0.25) is 0 Å². The third-order valence-corrected chi connectivity index (χ3v) is 6.31. The molecule has 0 unspecified atom stereocenters. The van der Waals surface area contributed by atoms with Gasteiger partial charge in [-0.15, -0.1) is 0 Å². The van der Waals surface area contributed by atoms with Crippen LogP contribution in [0, 0.1) is 11.6 Å². The van der Waals surface area contributed by atoms with Crippen LogP contribution in [0.4, 0.5) is 34.1 Å². The summed E-state index contributed by atoms with van der Waals surface area (Å²) in [6, 6.07) is 2.86. The maximum Gasteiger partial charge on any atom is 0.277 e. The van der Waals surface area contributed by atoms with Crippen molar-refractivity contribution >= 4 is 33.8 Å². The predicted molar refractivity (Wildman–Crippen MR) is 120 cm³/mol. The van der Waals surface area contributed by atoms with Crippen molar-refractivity contribution in [2.24, 2.45) is 0 Å². The first-order valence-corrected chi connectivity index (χ1v) is 11.3. The van der Waals surface area contributed by atoms with E-state index in [1.165, 1.54) is 6.20 Å². The molecule has 1 atom stereocenters. The van der Waals surface area contributed by atoms with Gasteiger partial charge in [-0.1, -0.05) is 11.3 Å². The number of carbonyl (C=O) groups is 1. The van der Waals surface area contributed by atoms with Gasteiger partial charge in [-0.2, -0.15) is 5.10 Å². The Morgan fingerprint density at radius 1 is 1.29 bits per heavy atom. The van der Waals surface area contributed by atoms with Crippen molar-refractivity contribution in [1.29, 1.82) is 0 Å². The Morgan fingerprint density at radius 3 is 2.85 bits per heavy atom. The Morgan fingerprint density at radius 2 is 2.09 bits per heavy atom. The first kappa shape index (κ1) is 24.0. The number of aliphatic hydroxyl groups excluding tert-OH is 1. The first-order valence-electron chi connectivity index (χ1n) is 10.5. The van der Waals surface area contributed by atoms with Gasteiger partial charge < -0.3 is 21.1 Å². The molecule has 4 N–H and O–H groups in total. The van der Waals surface area contributed by atoms with Gasteiger partial charge in [-0.3, -0.25) is 4.79 Å². The van der Waals surface area contributed by atoms with Crippen molar-refractivity contribution in [2.75, 3.05) is 29.0 Å². The number of nitrogens with two attached hydrogens (primary N) is 1. The number of thiazole rings is 1. The summed E-state index contributed by atoms with van der Waals surface area (Å²) in [7, 11) is 0. The van der Waals surface area contributed by atoms with Crippen LogP contribution in [0.1, 0.15) is 29.8 Å². The molecule has 0 spiro atoms. The highest BCUT2D eigenvalue weighted by molar-refractivity contribution is 7.19. The lowest BCUT2D eigenvalue weighted by atomic mass is 10.2. The molecule has 0 bridgehead atoms. The molecular formula is C21H22F4N6O2S. The summed E-state index contributed by atoms with van der Waals surface area (Å²) in [5.41, 5.74) is 5.76. The fourth-order valence-electron chi connectivity index (χ4n) is 3.81. The molecule has 1 aliphatic heterocycles. The molecule has 4 rings (SSSR count). The van der Waals surface area contributed by atoms with Gasteiger partial charge in [0.25, 0.3) is 12.3 Å². The number of aliphatic hydroxyl groups is 1. The van der Waals surface area contributed by atoms with Crippen molar-refractivity contribution in [3.8, 4) is 10.6 Å². The van der Waals surface area contributed by atoms with Crippen molar-refractivity contribution < 1.29 is 27.5 Å². The van der Waals surface area contributed by atoms with Gasteiger partial charge in [-0.25, -0.2) is 27.2 Å². The number of halogens is 4. The second-order valence-corrected chi connectivity index (χ2v) is 8.87. The quantitative estimate of drug-likeness (QED) is 0.447. The van der Waals surface area contributed by atoms with Crippen molar-refractivity contribution in [1.82, 2.24) is 14.8 Å². The highest BCUT2D eigenvalue weighted by Gasteiger charge is 2.26. The molecule has 0 saturated carbocycles. The number of hydrogen-bond acceptors (Lipinski definition) is 7. The maximum absolute atomic E-state index is 14.1. The number of rotatable bonds is 6. The molecule has 3 aromatic rings. The molecule has 13 heteroatoms. The number of benzene rings is 1. The minimum absolute atomic E-state index is 0.0180. The lowest BCUT2D eigenvalue weighted by Gasteiger charge is -2.25. The van der Waals surface area contributed by atoms with E-state index < -0.39 is 36.6 Å². The van der Waals surface area contributed by atoms with Crippen molar-refractivity contribution in [3.63, 3.8) is 0 Å². The monoisotopic (exact) mass is 498 g/mol. The number of hydrogen-bond donors (Lipinski definition) is 3. The van der Waals surface area contributed by atoms with E-state index in [9.17, 15) is 27.5 Å². The summed E-state index contributed by atoms with van der Waals surface area (Å²) in [6.45, 7) is 0.198. The van der Waals surface area contributed by atoms with Crippen LogP contribution in [-0.4, -0.2) is 51.4 Å². The molecule has 3 heterocycles. The van der Waals surface area contributed by atoms with Gasteiger partial charge >= 0.3 is 0 Å². The second kappa shape index (κ2) is 9.97. The van der Waals surface area contributed by atoms with Crippen LogP contribution in [0.25, 0.3) is 10.6 Å². The summed E-state index contributed by atoms with van der Waals surface area (Å²) in [6.07, 6.45) is -0.253. The second-order valence-electron chi connectivity index (χ2n) is 7.84. The molecule has 2 aromatic heterocycles. The van der Waals surface area contributed by atoms with Crippen LogP contribution < -0.4 is 16.0 Å². The Labute approximate surface area is 196 Å². The molecule has 1 amide bonds. The van der Waals surface area contributed by atoms with Crippen LogP contribution in [-0.2, 0) is 6.54 Å². The van der Waals surface area contributed by atoms with E-state index in [0.717, 1.165) is 34.2 Å². The summed E-state index contributed by atoms with van der Waals surface area (Å²) in [5, 5.41) is 16.5. The molecule has 1 aliphatic rings. The molecule has 182 valence electrons. The van der Waals surface area contributed by atoms with Gasteiger partial charge in [0.15, 0.2) is 11.5 Å². The number of nitrogen functional groups attached to an aromatic ring is 1. The Bertz CT molecular complexity index is 1180. The van der Waals surface area contributed by atoms with Gasteiger partial charge in [0.1, 0.15) is 33.9 Å². The van der Waals surface area contributed by atoms with E-state index >= 15 is 0 Å². The van der Waals surface area contributed by atoms with E-state index in [1.807, 2.05) is 0 Å². The molecule has 1 aromatic carbocycles. The number of anilines is 3. The maximum atomic E-state index is 14.1. The topological polar surface area (TPSA) is 109 Å². The van der Waals surface area contributed by atoms with Crippen LogP contribution in [0.2, 0.25) is 0 Å². The van der Waals surface area contributed by atoms with E-state index in [4.69, 9.17) is 5.73 Å². The average molecular weight is 499 g/mol. The zero-order valence-corrected chi connectivity index (χ0v) is 18.7. The van der Waals surface area contributed by atoms with E-state index in [1.54, 1.807) is 4.90 Å². The van der Waals surface area contributed by atoms with E-state index in [0.29, 0.717) is 32.4 Å². The number of nitrogens with zero attached hydrogens (tertiary/aromatic N) is 4. The molecule has 8 nitrogen and oxygen atoms in total. The van der Waals surface area contributed by atoms with Crippen LogP contribution in [0.15, 0.2) is 24.4 Å². The summed E-state index contributed by atoms with van der Waals surface area (Å²) < 4.78 is 55.1.